The van der Waals surface area contributed by atoms with Crippen molar-refractivity contribution in [1.82, 2.24) is 24.8 Å². The topological polar surface area (TPSA) is 92.1 Å². The Morgan fingerprint density at radius 3 is 2.39 bits per heavy atom. The Balaban J connectivity index is 1.53. The Morgan fingerprint density at radius 1 is 1.00 bits per heavy atom. The van der Waals surface area contributed by atoms with Gasteiger partial charge in [0.1, 0.15) is 11.6 Å². The highest BCUT2D eigenvalue weighted by Crippen LogP contribution is 2.42. The van der Waals surface area contributed by atoms with Gasteiger partial charge in [0, 0.05) is 69.0 Å². The summed E-state index contributed by atoms with van der Waals surface area (Å²) in [7, 11) is 0. The molecule has 2 aliphatic heterocycles. The van der Waals surface area contributed by atoms with Gasteiger partial charge in [-0.2, -0.15) is 4.98 Å². The Bertz CT molecular complexity index is 1670. The number of benzene rings is 2. The number of phenolic OH excluding ortho intramolecular Hbond substituents is 1. The van der Waals surface area contributed by atoms with Gasteiger partial charge in [-0.25, -0.2) is 22.5 Å². The molecule has 0 bridgehead atoms. The van der Waals surface area contributed by atoms with Crippen molar-refractivity contribution < 1.29 is 27.8 Å². The van der Waals surface area contributed by atoms with Crippen LogP contribution in [0.25, 0.3) is 32.9 Å². The highest BCUT2D eigenvalue weighted by molar-refractivity contribution is 6.02. The lowest BCUT2D eigenvalue weighted by Crippen LogP contribution is -2.60. The quantitative estimate of drug-likeness (QED) is 0.267. The lowest BCUT2D eigenvalue weighted by atomic mass is 9.96. The molecule has 9 nitrogen and oxygen atoms in total. The van der Waals surface area contributed by atoms with Crippen LogP contribution >= 0.6 is 0 Å². The summed E-state index contributed by atoms with van der Waals surface area (Å²) in [6, 6.07) is 4.86. The first-order valence-corrected chi connectivity index (χ1v) is 14.9. The number of phenols is 1. The Labute approximate surface area is 252 Å². The van der Waals surface area contributed by atoms with Crippen molar-refractivity contribution >= 4 is 33.4 Å². The first kappa shape index (κ1) is 30.2. The predicted molar refractivity (Wildman–Crippen MR) is 161 cm³/mol. The largest absolute Gasteiger partial charge is 0.508 e. The fraction of sp³-hybridized carbons (Fsp3) is 0.452. The molecule has 0 spiro atoms. The highest BCUT2D eigenvalue weighted by Gasteiger charge is 2.34. The van der Waals surface area contributed by atoms with Crippen LogP contribution in [0.4, 0.5) is 29.3 Å². The summed E-state index contributed by atoms with van der Waals surface area (Å²) >= 11 is 0. The van der Waals surface area contributed by atoms with Crippen molar-refractivity contribution in [3.63, 3.8) is 0 Å². The van der Waals surface area contributed by atoms with E-state index in [0.29, 0.717) is 63.0 Å². The molecule has 4 heterocycles. The summed E-state index contributed by atoms with van der Waals surface area (Å²) in [5.74, 6) is -1.87. The summed E-state index contributed by atoms with van der Waals surface area (Å²) in [5.41, 5.74) is -1.00. The van der Waals surface area contributed by atoms with E-state index in [1.165, 1.54) is 18.3 Å². The Kier molecular flexibility index (Phi) is 8.44. The number of fused-ring (bicyclic) bond motifs is 2. The lowest BCUT2D eigenvalue weighted by Gasteiger charge is -2.45. The number of β-amino-alcohol motifs (C(OH)–C–C–N with tert-alkyl or cyclic N) is 1. The zero-order valence-corrected chi connectivity index (χ0v) is 24.6. The predicted octanol–water partition coefficient (Wildman–Crippen LogP) is 4.41. The van der Waals surface area contributed by atoms with Crippen LogP contribution in [0.2, 0.25) is 0 Å². The number of nitrogens with zero attached hydrogens (tertiary/aromatic N) is 7. The van der Waals surface area contributed by atoms with Gasteiger partial charge in [-0.15, -0.1) is 0 Å². The molecule has 0 aliphatic carbocycles. The number of aliphatic hydroxyl groups excluding tert-OH is 1. The molecule has 2 aromatic heterocycles. The number of piperazine rings is 1. The van der Waals surface area contributed by atoms with Gasteiger partial charge in [-0.1, -0.05) is 19.9 Å². The normalized spacial score (nSPS) is 16.6. The lowest BCUT2D eigenvalue weighted by molar-refractivity contribution is 0.153. The maximum atomic E-state index is 15.2. The molecule has 6 rings (SSSR count). The zero-order valence-electron chi connectivity index (χ0n) is 24.6. The van der Waals surface area contributed by atoms with Gasteiger partial charge in [0.05, 0.1) is 28.8 Å². The van der Waals surface area contributed by atoms with Crippen LogP contribution in [0.1, 0.15) is 25.8 Å². The second-order valence-corrected chi connectivity index (χ2v) is 11.2. The molecule has 4 aromatic rings. The van der Waals surface area contributed by atoms with Crippen molar-refractivity contribution in [2.24, 2.45) is 0 Å². The van der Waals surface area contributed by atoms with E-state index in [0.717, 1.165) is 25.2 Å². The summed E-state index contributed by atoms with van der Waals surface area (Å²) < 4.78 is 59.8. The van der Waals surface area contributed by atoms with Crippen molar-refractivity contribution in [3.05, 3.63) is 47.7 Å². The van der Waals surface area contributed by atoms with Crippen molar-refractivity contribution in [2.45, 2.75) is 26.3 Å². The van der Waals surface area contributed by atoms with Crippen LogP contribution in [-0.2, 0) is 0 Å². The number of anilines is 2. The number of aromatic nitrogens is 3. The minimum atomic E-state index is -3.08. The molecule has 0 atom stereocenters. The molecule has 0 amide bonds. The minimum absolute atomic E-state index is 0.0256. The fourth-order valence-electron chi connectivity index (χ4n) is 6.37. The maximum absolute atomic E-state index is 15.2. The standard InChI is InChI=1S/C31H35F4N7O2/c1-3-40(4-2)19-16-42(17-19)31-37-28-22(30(38-31)41-9-7-39(8-10-41)11-12-43)15-36-27(25(28)29(34)35)21-14-20(44)13-18-5-6-23(32)26(33)24(18)21/h5-6,13-15,19,29,43-44H,3-4,7-12,16-17H2,1-2H3. The molecule has 44 heavy (non-hydrogen) atoms. The van der Waals surface area contributed by atoms with E-state index in [-0.39, 0.29) is 45.9 Å². The summed E-state index contributed by atoms with van der Waals surface area (Å²) in [5, 5.41) is 20.0. The second kappa shape index (κ2) is 12.3. The van der Waals surface area contributed by atoms with E-state index in [1.807, 2.05) is 9.80 Å². The van der Waals surface area contributed by atoms with Gasteiger partial charge in [-0.3, -0.25) is 14.8 Å². The van der Waals surface area contributed by atoms with Gasteiger partial charge >= 0.3 is 0 Å². The molecule has 2 saturated heterocycles. The molecular weight excluding hydrogens is 578 g/mol. The van der Waals surface area contributed by atoms with Gasteiger partial charge in [0.25, 0.3) is 6.43 Å². The van der Waals surface area contributed by atoms with Crippen LogP contribution in [0.15, 0.2) is 30.5 Å². The maximum Gasteiger partial charge on any atom is 0.268 e. The average molecular weight is 614 g/mol. The molecule has 13 heteroatoms. The number of alkyl halides is 2. The molecule has 2 fully saturated rings. The SMILES string of the molecule is CCN(CC)C1CN(c2nc(N3CCN(CCO)CC3)c3cnc(-c4cc(O)cc5ccc(F)c(F)c45)c(C(F)F)c3n2)C1. The summed E-state index contributed by atoms with van der Waals surface area (Å²) in [6.07, 6.45) is -1.68. The minimum Gasteiger partial charge on any atom is -0.508 e. The molecule has 0 radical (unpaired) electrons. The van der Waals surface area contributed by atoms with E-state index in [9.17, 15) is 14.6 Å². The smallest absolute Gasteiger partial charge is 0.268 e. The molecule has 2 aliphatic rings. The first-order chi connectivity index (χ1) is 21.2. The van der Waals surface area contributed by atoms with Crippen LogP contribution in [0.5, 0.6) is 5.75 Å². The number of aromatic hydroxyl groups is 1. The van der Waals surface area contributed by atoms with Crippen LogP contribution in [0.3, 0.4) is 0 Å². The molecule has 0 unspecified atom stereocenters. The second-order valence-electron chi connectivity index (χ2n) is 11.2. The van der Waals surface area contributed by atoms with Crippen LogP contribution in [0, 0.1) is 11.6 Å². The third-order valence-electron chi connectivity index (χ3n) is 8.77. The number of rotatable bonds is 9. The number of hydrogen-bond acceptors (Lipinski definition) is 9. The number of likely N-dealkylation sites (N-methyl/N-ethyl adjacent to an activating group) is 1. The van der Waals surface area contributed by atoms with Crippen molar-refractivity contribution in [3.8, 4) is 17.0 Å². The molecule has 2 aromatic carbocycles. The van der Waals surface area contributed by atoms with Gasteiger partial charge in [0.2, 0.25) is 5.95 Å². The van der Waals surface area contributed by atoms with E-state index >= 15 is 13.2 Å². The van der Waals surface area contributed by atoms with E-state index < -0.39 is 23.6 Å². The van der Waals surface area contributed by atoms with E-state index in [2.05, 4.69) is 33.6 Å². The molecule has 2 N–H and O–H groups in total. The Hall–Kier alpha value is -3.81. The third kappa shape index (κ3) is 5.37. The number of halogens is 4. The fourth-order valence-corrected chi connectivity index (χ4v) is 6.37. The number of pyridine rings is 1. The third-order valence-corrected chi connectivity index (χ3v) is 8.77. The summed E-state index contributed by atoms with van der Waals surface area (Å²) in [4.78, 5) is 22.3. The first-order valence-electron chi connectivity index (χ1n) is 14.9. The average Bonchev–Trinajstić information content (AvgIpc) is 2.99. The van der Waals surface area contributed by atoms with Gasteiger partial charge < -0.3 is 20.0 Å². The zero-order chi connectivity index (χ0) is 31.1. The van der Waals surface area contributed by atoms with Crippen molar-refractivity contribution in [1.29, 1.82) is 0 Å². The van der Waals surface area contributed by atoms with E-state index in [4.69, 9.17) is 4.98 Å². The highest BCUT2D eigenvalue weighted by atomic mass is 19.3. The van der Waals surface area contributed by atoms with Gasteiger partial charge in [-0.05, 0) is 36.7 Å². The number of hydrogen-bond donors (Lipinski definition) is 2. The van der Waals surface area contributed by atoms with Gasteiger partial charge in [0.15, 0.2) is 11.6 Å². The molecule has 234 valence electrons. The van der Waals surface area contributed by atoms with Crippen molar-refractivity contribution in [2.75, 3.05) is 75.3 Å². The van der Waals surface area contributed by atoms with Crippen LogP contribution < -0.4 is 9.80 Å². The van der Waals surface area contributed by atoms with Crippen LogP contribution in [-0.4, -0.2) is 107 Å². The molecular formula is C31H35F4N7O2. The Morgan fingerprint density at radius 2 is 1.73 bits per heavy atom. The monoisotopic (exact) mass is 613 g/mol. The van der Waals surface area contributed by atoms with E-state index in [1.54, 1.807) is 0 Å². The molecule has 0 saturated carbocycles. The summed E-state index contributed by atoms with van der Waals surface area (Å²) in [6.45, 7) is 10.2. The number of aliphatic hydroxyl groups is 1.